The highest BCUT2D eigenvalue weighted by atomic mass is 32.1. The van der Waals surface area contributed by atoms with Gasteiger partial charge in [-0.3, -0.25) is 4.79 Å². The van der Waals surface area contributed by atoms with Gasteiger partial charge < -0.3 is 20.7 Å². The number of amides is 3. The lowest BCUT2D eigenvalue weighted by atomic mass is 9.90. The number of hydrogen-bond donors (Lipinski definition) is 3. The molecule has 2 unspecified atom stereocenters. The van der Waals surface area contributed by atoms with Crippen molar-refractivity contribution in [2.45, 2.75) is 89.4 Å². The zero-order valence-corrected chi connectivity index (χ0v) is 20.1. The Morgan fingerprint density at radius 3 is 2.33 bits per heavy atom. The van der Waals surface area contributed by atoms with E-state index < -0.39 is 0 Å². The van der Waals surface area contributed by atoms with E-state index in [0.717, 1.165) is 49.3 Å². The second kappa shape index (κ2) is 11.5. The van der Waals surface area contributed by atoms with Crippen molar-refractivity contribution >= 4 is 23.3 Å². The number of thiazole rings is 1. The Balaban J connectivity index is 1.27. The van der Waals surface area contributed by atoms with E-state index in [1.165, 1.54) is 36.2 Å². The molecule has 33 heavy (non-hydrogen) atoms. The van der Waals surface area contributed by atoms with Gasteiger partial charge >= 0.3 is 6.03 Å². The van der Waals surface area contributed by atoms with E-state index in [1.54, 1.807) is 5.38 Å². The minimum absolute atomic E-state index is 0.0609. The average molecular weight is 471 g/mol. The highest BCUT2D eigenvalue weighted by Crippen LogP contribution is 2.21. The van der Waals surface area contributed by atoms with E-state index in [1.807, 2.05) is 31.2 Å². The number of aromatic nitrogens is 1. The first-order valence-electron chi connectivity index (χ1n) is 12.1. The van der Waals surface area contributed by atoms with E-state index in [9.17, 15) is 9.59 Å². The largest absolute Gasteiger partial charge is 0.486 e. The minimum Gasteiger partial charge on any atom is -0.486 e. The van der Waals surface area contributed by atoms with E-state index in [-0.39, 0.29) is 30.1 Å². The van der Waals surface area contributed by atoms with Gasteiger partial charge in [-0.05, 0) is 44.7 Å². The van der Waals surface area contributed by atoms with Crippen molar-refractivity contribution in [3.63, 3.8) is 0 Å². The number of carbonyl (C=O) groups is 2. The van der Waals surface area contributed by atoms with Gasteiger partial charge in [0.25, 0.3) is 5.91 Å². The zero-order valence-electron chi connectivity index (χ0n) is 19.3. The summed E-state index contributed by atoms with van der Waals surface area (Å²) in [6.45, 7) is 2.36. The smallest absolute Gasteiger partial charge is 0.315 e. The number of carbonyl (C=O) groups excluding carboxylic acids is 2. The molecule has 0 radical (unpaired) electrons. The van der Waals surface area contributed by atoms with Crippen molar-refractivity contribution in [3.05, 3.63) is 45.9 Å². The molecule has 0 spiro atoms. The molecule has 3 N–H and O–H groups in total. The third-order valence-corrected chi connectivity index (χ3v) is 7.33. The summed E-state index contributed by atoms with van der Waals surface area (Å²) in [5.41, 5.74) is 1.58. The lowest BCUT2D eigenvalue weighted by Gasteiger charge is -2.33. The molecule has 2 aromatic rings. The van der Waals surface area contributed by atoms with Crippen LogP contribution >= 0.6 is 11.3 Å². The molecule has 2 aliphatic rings. The highest BCUT2D eigenvalue weighted by Gasteiger charge is 2.29. The Bertz CT molecular complexity index is 924. The van der Waals surface area contributed by atoms with E-state index >= 15 is 0 Å². The number of ether oxygens (including phenoxy) is 1. The molecule has 0 saturated heterocycles. The average Bonchev–Trinajstić information content (AvgIpc) is 3.30. The molecule has 1 heterocycles. The van der Waals surface area contributed by atoms with Gasteiger partial charge in [-0.2, -0.15) is 0 Å². The predicted molar refractivity (Wildman–Crippen MR) is 130 cm³/mol. The van der Waals surface area contributed by atoms with Crippen LogP contribution in [0, 0.1) is 6.92 Å². The van der Waals surface area contributed by atoms with Crippen molar-refractivity contribution in [2.75, 3.05) is 0 Å². The van der Waals surface area contributed by atoms with Crippen LogP contribution in [0.5, 0.6) is 5.75 Å². The summed E-state index contributed by atoms with van der Waals surface area (Å²) in [6.07, 6.45) is 9.54. The summed E-state index contributed by atoms with van der Waals surface area (Å²) in [5, 5.41) is 11.9. The third kappa shape index (κ3) is 6.93. The van der Waals surface area contributed by atoms with Gasteiger partial charge in [-0.1, -0.05) is 49.8 Å². The van der Waals surface area contributed by atoms with Crippen LogP contribution in [-0.4, -0.2) is 35.0 Å². The Kier molecular flexibility index (Phi) is 8.20. The maximum Gasteiger partial charge on any atom is 0.315 e. The van der Waals surface area contributed by atoms with Gasteiger partial charge in [0.15, 0.2) is 0 Å². The zero-order chi connectivity index (χ0) is 23.0. The number of benzene rings is 1. The topological polar surface area (TPSA) is 92.3 Å². The number of hydrogen-bond acceptors (Lipinski definition) is 5. The Morgan fingerprint density at radius 2 is 1.61 bits per heavy atom. The Hall–Kier alpha value is -2.61. The molecule has 2 fully saturated rings. The third-order valence-electron chi connectivity index (χ3n) is 6.51. The van der Waals surface area contributed by atoms with Crippen molar-refractivity contribution in [1.82, 2.24) is 20.9 Å². The molecule has 3 amide bonds. The highest BCUT2D eigenvalue weighted by molar-refractivity contribution is 7.09. The summed E-state index contributed by atoms with van der Waals surface area (Å²) in [6, 6.07) is 7.86. The molecule has 178 valence electrons. The van der Waals surface area contributed by atoms with Crippen LogP contribution in [0.1, 0.15) is 78.8 Å². The van der Waals surface area contributed by atoms with Gasteiger partial charge in [0.2, 0.25) is 0 Å². The lowest BCUT2D eigenvalue weighted by molar-refractivity contribution is 0.0911. The van der Waals surface area contributed by atoms with E-state index in [0.29, 0.717) is 12.3 Å². The maximum absolute atomic E-state index is 12.9. The second-order valence-electron chi connectivity index (χ2n) is 9.15. The van der Waals surface area contributed by atoms with E-state index in [4.69, 9.17) is 4.74 Å². The minimum atomic E-state index is -0.195. The summed E-state index contributed by atoms with van der Waals surface area (Å²) in [4.78, 5) is 29.8. The quantitative estimate of drug-likeness (QED) is 0.547. The van der Waals surface area contributed by atoms with Crippen molar-refractivity contribution < 1.29 is 14.3 Å². The summed E-state index contributed by atoms with van der Waals surface area (Å²) >= 11 is 1.42. The van der Waals surface area contributed by atoms with Crippen molar-refractivity contribution in [2.24, 2.45) is 0 Å². The normalized spacial score (nSPS) is 21.2. The number of urea groups is 1. The van der Waals surface area contributed by atoms with Crippen LogP contribution in [0.2, 0.25) is 0 Å². The molecule has 1 aromatic heterocycles. The second-order valence-corrected chi connectivity index (χ2v) is 10.1. The fraction of sp³-hybridized carbons (Fsp3) is 0.560. The fourth-order valence-electron chi connectivity index (χ4n) is 4.62. The first-order chi connectivity index (χ1) is 16.1. The fourth-order valence-corrected chi connectivity index (χ4v) is 5.31. The summed E-state index contributed by atoms with van der Waals surface area (Å²) in [5.74, 6) is 0.587. The van der Waals surface area contributed by atoms with Crippen LogP contribution in [-0.2, 0) is 6.61 Å². The molecule has 2 aliphatic carbocycles. The van der Waals surface area contributed by atoms with E-state index in [2.05, 4.69) is 20.9 Å². The van der Waals surface area contributed by atoms with Crippen LogP contribution < -0.4 is 20.7 Å². The van der Waals surface area contributed by atoms with Gasteiger partial charge in [0.05, 0.1) is 6.04 Å². The first-order valence-corrected chi connectivity index (χ1v) is 13.0. The van der Waals surface area contributed by atoms with Gasteiger partial charge in [-0.15, -0.1) is 11.3 Å². The maximum atomic E-state index is 12.9. The molecule has 2 saturated carbocycles. The molecular weight excluding hydrogens is 436 g/mol. The number of rotatable bonds is 7. The Morgan fingerprint density at radius 1 is 0.939 bits per heavy atom. The summed E-state index contributed by atoms with van der Waals surface area (Å²) < 4.78 is 5.77. The summed E-state index contributed by atoms with van der Waals surface area (Å²) in [7, 11) is 0. The monoisotopic (exact) mass is 470 g/mol. The van der Waals surface area contributed by atoms with Gasteiger partial charge in [0, 0.05) is 17.5 Å². The molecule has 7 nitrogen and oxygen atoms in total. The molecule has 0 aliphatic heterocycles. The standard InChI is InChI=1S/C25H34N4O3S/c1-17-11-13-19(14-12-17)32-15-23-27-22(16-33-23)24(30)28-20-9-5-6-10-21(20)29-25(31)26-18-7-3-2-4-8-18/h11-14,16,18,20-21H,2-10,15H2,1H3,(H,28,30)(H2,26,29,31). The van der Waals surface area contributed by atoms with Crippen LogP contribution in [0.3, 0.4) is 0 Å². The van der Waals surface area contributed by atoms with Crippen LogP contribution in [0.4, 0.5) is 4.79 Å². The molecule has 0 bridgehead atoms. The molecule has 1 aromatic carbocycles. The number of aryl methyl sites for hydroxylation is 1. The predicted octanol–water partition coefficient (Wildman–Crippen LogP) is 4.70. The lowest BCUT2D eigenvalue weighted by Crippen LogP contribution is -2.56. The van der Waals surface area contributed by atoms with Crippen molar-refractivity contribution in [3.8, 4) is 5.75 Å². The van der Waals surface area contributed by atoms with Crippen molar-refractivity contribution in [1.29, 1.82) is 0 Å². The SMILES string of the molecule is Cc1ccc(OCc2nc(C(=O)NC3CCCCC3NC(=O)NC3CCCCC3)cs2)cc1. The first kappa shape index (κ1) is 23.5. The van der Waals surface area contributed by atoms with Gasteiger partial charge in [-0.25, -0.2) is 9.78 Å². The van der Waals surface area contributed by atoms with Crippen LogP contribution in [0.25, 0.3) is 0 Å². The van der Waals surface area contributed by atoms with Crippen LogP contribution in [0.15, 0.2) is 29.6 Å². The molecular formula is C25H34N4O3S. The Labute approximate surface area is 199 Å². The molecule has 4 rings (SSSR count). The number of nitrogens with one attached hydrogen (secondary N) is 3. The molecule has 8 heteroatoms. The molecule has 2 atom stereocenters. The number of nitrogens with zero attached hydrogens (tertiary/aromatic N) is 1. The van der Waals surface area contributed by atoms with Gasteiger partial charge in [0.1, 0.15) is 23.1 Å².